The molecule has 0 amide bonds. The van der Waals surface area contributed by atoms with Gasteiger partial charge < -0.3 is 15.4 Å². The van der Waals surface area contributed by atoms with Crippen molar-refractivity contribution in [2.45, 2.75) is 26.8 Å². The molecule has 0 atom stereocenters. The number of methoxy groups -OCH3 is 1. The molecule has 2 aromatic rings. The molecule has 2 heterocycles. The molecule has 0 bridgehead atoms. The first-order valence-electron chi connectivity index (χ1n) is 7.02. The summed E-state index contributed by atoms with van der Waals surface area (Å²) in [5.74, 6) is 2.02. The van der Waals surface area contributed by atoms with Gasteiger partial charge in [-0.25, -0.2) is 9.97 Å². The van der Waals surface area contributed by atoms with Crippen LogP contribution in [0.1, 0.15) is 24.5 Å². The number of hydrogen-bond acceptors (Lipinski definition) is 6. The third-order valence-electron chi connectivity index (χ3n) is 3.14. The predicted molar refractivity (Wildman–Crippen MR) is 83.7 cm³/mol. The smallest absolute Gasteiger partial charge is 0.204 e. The van der Waals surface area contributed by atoms with Crippen molar-refractivity contribution in [3.05, 3.63) is 35.9 Å². The normalized spacial score (nSPS) is 10.2. The van der Waals surface area contributed by atoms with Crippen LogP contribution in [0.4, 0.5) is 11.6 Å². The lowest BCUT2D eigenvalue weighted by Gasteiger charge is -2.14. The Labute approximate surface area is 125 Å². The molecule has 0 aliphatic carbocycles. The highest BCUT2D eigenvalue weighted by molar-refractivity contribution is 5.63. The standard InChI is InChI=1S/C15H21N5O/c1-4-6-17-14-13(21-3)15(20-10-19-14)18-9-12-8-16-7-5-11(12)2/h5,7-8,10H,4,6,9H2,1-3H3,(H2,17,18,19,20). The molecule has 0 saturated carbocycles. The van der Waals surface area contributed by atoms with Crippen LogP contribution < -0.4 is 15.4 Å². The molecule has 2 rings (SSSR count). The zero-order valence-corrected chi connectivity index (χ0v) is 12.7. The van der Waals surface area contributed by atoms with Gasteiger partial charge in [-0.15, -0.1) is 0 Å². The van der Waals surface area contributed by atoms with E-state index in [0.29, 0.717) is 23.9 Å². The highest BCUT2D eigenvalue weighted by Crippen LogP contribution is 2.29. The first-order valence-corrected chi connectivity index (χ1v) is 7.02. The number of hydrogen-bond donors (Lipinski definition) is 2. The lowest BCUT2D eigenvalue weighted by molar-refractivity contribution is 0.414. The summed E-state index contributed by atoms with van der Waals surface area (Å²) in [5, 5.41) is 6.52. The fourth-order valence-electron chi connectivity index (χ4n) is 1.92. The average Bonchev–Trinajstić information content (AvgIpc) is 2.52. The van der Waals surface area contributed by atoms with Gasteiger partial charge in [0.15, 0.2) is 11.6 Å². The molecule has 0 unspecified atom stereocenters. The van der Waals surface area contributed by atoms with Crippen LogP contribution in [-0.2, 0) is 6.54 Å². The van der Waals surface area contributed by atoms with Gasteiger partial charge in [-0.1, -0.05) is 6.92 Å². The molecule has 0 aliphatic rings. The van der Waals surface area contributed by atoms with Crippen molar-refractivity contribution in [1.29, 1.82) is 0 Å². The van der Waals surface area contributed by atoms with Crippen LogP contribution >= 0.6 is 0 Å². The zero-order chi connectivity index (χ0) is 15.1. The maximum atomic E-state index is 5.43. The first kappa shape index (κ1) is 15.0. The summed E-state index contributed by atoms with van der Waals surface area (Å²) in [6.07, 6.45) is 6.19. The van der Waals surface area contributed by atoms with Crippen LogP contribution in [0, 0.1) is 6.92 Å². The molecule has 0 aromatic carbocycles. The van der Waals surface area contributed by atoms with E-state index in [-0.39, 0.29) is 0 Å². The second-order valence-corrected chi connectivity index (χ2v) is 4.69. The topological polar surface area (TPSA) is 72.0 Å². The molecular formula is C15H21N5O. The fraction of sp³-hybridized carbons (Fsp3) is 0.400. The van der Waals surface area contributed by atoms with Gasteiger partial charge in [-0.3, -0.25) is 4.98 Å². The van der Waals surface area contributed by atoms with Crippen LogP contribution in [0.5, 0.6) is 5.75 Å². The van der Waals surface area contributed by atoms with Gasteiger partial charge in [-0.05, 0) is 30.5 Å². The van der Waals surface area contributed by atoms with E-state index in [0.717, 1.165) is 18.5 Å². The zero-order valence-electron chi connectivity index (χ0n) is 12.7. The Balaban J connectivity index is 2.14. The molecule has 0 aliphatic heterocycles. The highest BCUT2D eigenvalue weighted by atomic mass is 16.5. The Morgan fingerprint density at radius 1 is 1.19 bits per heavy atom. The van der Waals surface area contributed by atoms with Crippen molar-refractivity contribution in [3.63, 3.8) is 0 Å². The number of anilines is 2. The van der Waals surface area contributed by atoms with Gasteiger partial charge in [0.25, 0.3) is 0 Å². The quantitative estimate of drug-likeness (QED) is 0.815. The Hall–Kier alpha value is -2.37. The largest absolute Gasteiger partial charge is 0.490 e. The van der Waals surface area contributed by atoms with Crippen molar-refractivity contribution in [3.8, 4) is 5.75 Å². The van der Waals surface area contributed by atoms with E-state index in [1.807, 2.05) is 12.3 Å². The number of aromatic nitrogens is 3. The van der Waals surface area contributed by atoms with Gasteiger partial charge in [0.2, 0.25) is 5.75 Å². The Morgan fingerprint density at radius 3 is 2.62 bits per heavy atom. The summed E-state index contributed by atoms with van der Waals surface area (Å²) in [6, 6.07) is 1.99. The maximum Gasteiger partial charge on any atom is 0.204 e. The number of rotatable bonds is 7. The Bertz CT molecular complexity index is 588. The number of pyridine rings is 1. The van der Waals surface area contributed by atoms with Gasteiger partial charge in [-0.2, -0.15) is 0 Å². The molecule has 2 N–H and O–H groups in total. The summed E-state index contributed by atoms with van der Waals surface area (Å²) in [6.45, 7) is 5.64. The lowest BCUT2D eigenvalue weighted by atomic mass is 10.1. The van der Waals surface area contributed by atoms with Crippen LogP contribution in [-0.4, -0.2) is 28.6 Å². The van der Waals surface area contributed by atoms with Crippen molar-refractivity contribution in [1.82, 2.24) is 15.0 Å². The first-order chi connectivity index (χ1) is 10.3. The Morgan fingerprint density at radius 2 is 1.95 bits per heavy atom. The number of aryl methyl sites for hydroxylation is 1. The van der Waals surface area contributed by atoms with Crippen LogP contribution in [0.2, 0.25) is 0 Å². The third-order valence-corrected chi connectivity index (χ3v) is 3.14. The van der Waals surface area contributed by atoms with Gasteiger partial charge in [0, 0.05) is 25.5 Å². The van der Waals surface area contributed by atoms with Gasteiger partial charge >= 0.3 is 0 Å². The van der Waals surface area contributed by atoms with Crippen LogP contribution in [0.3, 0.4) is 0 Å². The molecule has 0 spiro atoms. The molecule has 0 fully saturated rings. The van der Waals surface area contributed by atoms with E-state index >= 15 is 0 Å². The number of ether oxygens (including phenoxy) is 1. The third kappa shape index (κ3) is 3.81. The second-order valence-electron chi connectivity index (χ2n) is 4.69. The minimum absolute atomic E-state index is 0.632. The van der Waals surface area contributed by atoms with E-state index < -0.39 is 0 Å². The lowest BCUT2D eigenvalue weighted by Crippen LogP contribution is -2.09. The van der Waals surface area contributed by atoms with Crippen LogP contribution in [0.25, 0.3) is 0 Å². The van der Waals surface area contributed by atoms with E-state index in [1.54, 1.807) is 13.3 Å². The van der Waals surface area contributed by atoms with Gasteiger partial charge in [0.1, 0.15) is 6.33 Å². The van der Waals surface area contributed by atoms with Crippen molar-refractivity contribution >= 4 is 11.6 Å². The summed E-state index contributed by atoms with van der Waals surface area (Å²) < 4.78 is 5.43. The summed E-state index contributed by atoms with van der Waals surface area (Å²) in [4.78, 5) is 12.6. The molecule has 112 valence electrons. The highest BCUT2D eigenvalue weighted by Gasteiger charge is 2.11. The Kier molecular flexibility index (Phi) is 5.31. The molecule has 0 radical (unpaired) electrons. The predicted octanol–water partition coefficient (Wildman–Crippen LogP) is 2.62. The van der Waals surface area contributed by atoms with Gasteiger partial charge in [0.05, 0.1) is 7.11 Å². The number of nitrogens with zero attached hydrogens (tertiary/aromatic N) is 3. The maximum absolute atomic E-state index is 5.43. The molecule has 2 aromatic heterocycles. The van der Waals surface area contributed by atoms with Crippen molar-refractivity contribution in [2.75, 3.05) is 24.3 Å². The van der Waals surface area contributed by atoms with E-state index in [4.69, 9.17) is 4.74 Å². The number of nitrogens with one attached hydrogen (secondary N) is 2. The molecule has 21 heavy (non-hydrogen) atoms. The monoisotopic (exact) mass is 287 g/mol. The van der Waals surface area contributed by atoms with Crippen LogP contribution in [0.15, 0.2) is 24.8 Å². The molecule has 6 heteroatoms. The SMILES string of the molecule is CCCNc1ncnc(NCc2cnccc2C)c1OC. The minimum Gasteiger partial charge on any atom is -0.490 e. The molecule has 6 nitrogen and oxygen atoms in total. The minimum atomic E-state index is 0.632. The second kappa shape index (κ2) is 7.42. The fourth-order valence-corrected chi connectivity index (χ4v) is 1.92. The van der Waals surface area contributed by atoms with E-state index in [1.165, 1.54) is 11.9 Å². The molecule has 0 saturated heterocycles. The summed E-state index contributed by atoms with van der Waals surface area (Å²) in [7, 11) is 1.62. The van der Waals surface area contributed by atoms with Crippen molar-refractivity contribution in [2.24, 2.45) is 0 Å². The summed E-state index contributed by atoms with van der Waals surface area (Å²) >= 11 is 0. The average molecular weight is 287 g/mol. The summed E-state index contributed by atoms with van der Waals surface area (Å²) in [5.41, 5.74) is 2.32. The van der Waals surface area contributed by atoms with E-state index in [9.17, 15) is 0 Å². The molecular weight excluding hydrogens is 266 g/mol. The van der Waals surface area contributed by atoms with E-state index in [2.05, 4.69) is 39.4 Å². The van der Waals surface area contributed by atoms with Crippen molar-refractivity contribution < 1.29 is 4.74 Å².